The van der Waals surface area contributed by atoms with Crippen LogP contribution >= 0.6 is 0 Å². The lowest BCUT2D eigenvalue weighted by atomic mass is 9.99. The van der Waals surface area contributed by atoms with Gasteiger partial charge in [-0.2, -0.15) is 0 Å². The average molecular weight is 249 g/mol. The van der Waals surface area contributed by atoms with Gasteiger partial charge in [0.15, 0.2) is 0 Å². The summed E-state index contributed by atoms with van der Waals surface area (Å²) in [5.74, 6) is 0.901. The Morgan fingerprint density at radius 2 is 2.17 bits per heavy atom. The number of hydrogen-bond donors (Lipinski definition) is 1. The first-order valence-electron chi connectivity index (χ1n) is 6.79. The third-order valence-corrected chi connectivity index (χ3v) is 3.22. The number of nitrogens with two attached hydrogens (primary N) is 1. The van der Waals surface area contributed by atoms with Crippen molar-refractivity contribution in [3.8, 4) is 5.75 Å². The summed E-state index contributed by atoms with van der Waals surface area (Å²) in [6, 6.07) is 8.03. The molecule has 0 aliphatic carbocycles. The molecule has 100 valence electrons. The molecule has 18 heavy (non-hydrogen) atoms. The van der Waals surface area contributed by atoms with Crippen LogP contribution in [-0.2, 0) is 4.74 Å². The van der Waals surface area contributed by atoms with Crippen molar-refractivity contribution < 1.29 is 9.47 Å². The Labute approximate surface area is 109 Å². The summed E-state index contributed by atoms with van der Waals surface area (Å²) in [6.07, 6.45) is 3.63. The molecule has 3 nitrogen and oxygen atoms in total. The molecule has 2 atom stereocenters. The number of rotatable bonds is 5. The van der Waals surface area contributed by atoms with Crippen LogP contribution in [-0.4, -0.2) is 18.8 Å². The summed E-state index contributed by atoms with van der Waals surface area (Å²) in [7, 11) is 0. The van der Waals surface area contributed by atoms with Gasteiger partial charge in [-0.3, -0.25) is 0 Å². The molecule has 0 amide bonds. The number of ether oxygens (including phenoxy) is 2. The molecule has 1 fully saturated rings. The second-order valence-electron chi connectivity index (χ2n) is 5.18. The van der Waals surface area contributed by atoms with Crippen molar-refractivity contribution in [3.63, 3.8) is 0 Å². The molecular weight excluding hydrogens is 226 g/mol. The van der Waals surface area contributed by atoms with Gasteiger partial charge in [-0.15, -0.1) is 0 Å². The molecule has 0 spiro atoms. The van der Waals surface area contributed by atoms with E-state index in [1.54, 1.807) is 0 Å². The van der Waals surface area contributed by atoms with Crippen LogP contribution in [0.2, 0.25) is 0 Å². The molecule has 2 rings (SSSR count). The molecule has 0 radical (unpaired) electrons. The van der Waals surface area contributed by atoms with Crippen LogP contribution in [0.1, 0.15) is 44.7 Å². The van der Waals surface area contributed by atoms with Gasteiger partial charge in [0.2, 0.25) is 0 Å². The van der Waals surface area contributed by atoms with Gasteiger partial charge in [0, 0.05) is 18.2 Å². The predicted octanol–water partition coefficient (Wildman–Crippen LogP) is 3.04. The highest BCUT2D eigenvalue weighted by Crippen LogP contribution is 2.29. The highest BCUT2D eigenvalue weighted by Gasteiger charge is 2.21. The van der Waals surface area contributed by atoms with E-state index in [0.717, 1.165) is 37.2 Å². The van der Waals surface area contributed by atoms with Crippen molar-refractivity contribution in [2.24, 2.45) is 5.73 Å². The fourth-order valence-corrected chi connectivity index (χ4v) is 2.39. The topological polar surface area (TPSA) is 44.5 Å². The Hall–Kier alpha value is -1.06. The minimum Gasteiger partial charge on any atom is -0.491 e. The van der Waals surface area contributed by atoms with E-state index in [2.05, 4.69) is 6.07 Å². The SMILES string of the molecule is CC(C)Oc1ccccc1C(N)CC1CCCO1. The van der Waals surface area contributed by atoms with E-state index in [4.69, 9.17) is 15.2 Å². The molecule has 1 heterocycles. The van der Waals surface area contributed by atoms with Crippen LogP contribution in [0, 0.1) is 0 Å². The van der Waals surface area contributed by atoms with Crippen molar-refractivity contribution in [3.05, 3.63) is 29.8 Å². The molecule has 1 aromatic carbocycles. The van der Waals surface area contributed by atoms with Gasteiger partial charge in [-0.25, -0.2) is 0 Å². The van der Waals surface area contributed by atoms with Crippen LogP contribution in [0.5, 0.6) is 5.75 Å². The Bertz CT molecular complexity index is 373. The molecule has 1 aromatic rings. The third kappa shape index (κ3) is 3.47. The largest absolute Gasteiger partial charge is 0.491 e. The summed E-state index contributed by atoms with van der Waals surface area (Å²) in [4.78, 5) is 0. The zero-order valence-corrected chi connectivity index (χ0v) is 11.3. The number of para-hydroxylation sites is 1. The van der Waals surface area contributed by atoms with Crippen molar-refractivity contribution in [1.82, 2.24) is 0 Å². The van der Waals surface area contributed by atoms with Crippen LogP contribution in [0.25, 0.3) is 0 Å². The van der Waals surface area contributed by atoms with E-state index in [1.165, 1.54) is 0 Å². The lowest BCUT2D eigenvalue weighted by Gasteiger charge is -2.20. The Morgan fingerprint density at radius 3 is 2.83 bits per heavy atom. The summed E-state index contributed by atoms with van der Waals surface area (Å²) >= 11 is 0. The van der Waals surface area contributed by atoms with Crippen LogP contribution in [0.15, 0.2) is 24.3 Å². The maximum atomic E-state index is 6.29. The highest BCUT2D eigenvalue weighted by atomic mass is 16.5. The van der Waals surface area contributed by atoms with Gasteiger partial charge in [-0.1, -0.05) is 18.2 Å². The fraction of sp³-hybridized carbons (Fsp3) is 0.600. The number of hydrogen-bond acceptors (Lipinski definition) is 3. The predicted molar refractivity (Wildman–Crippen MR) is 72.7 cm³/mol. The summed E-state index contributed by atoms with van der Waals surface area (Å²) < 4.78 is 11.5. The first-order valence-corrected chi connectivity index (χ1v) is 6.79. The second kappa shape index (κ2) is 6.21. The Balaban J connectivity index is 2.05. The lowest BCUT2D eigenvalue weighted by molar-refractivity contribution is 0.0979. The summed E-state index contributed by atoms with van der Waals surface area (Å²) in [5, 5.41) is 0. The molecule has 0 saturated carbocycles. The zero-order chi connectivity index (χ0) is 13.0. The van der Waals surface area contributed by atoms with Crippen LogP contribution in [0.4, 0.5) is 0 Å². The van der Waals surface area contributed by atoms with E-state index >= 15 is 0 Å². The molecule has 3 heteroatoms. The highest BCUT2D eigenvalue weighted by molar-refractivity contribution is 5.36. The Kier molecular flexibility index (Phi) is 4.61. The lowest BCUT2D eigenvalue weighted by Crippen LogP contribution is -2.20. The minimum atomic E-state index is -0.0111. The molecule has 1 aliphatic heterocycles. The van der Waals surface area contributed by atoms with E-state index in [9.17, 15) is 0 Å². The molecule has 0 aromatic heterocycles. The normalized spacial score (nSPS) is 21.2. The van der Waals surface area contributed by atoms with Crippen molar-refractivity contribution in [2.45, 2.75) is 51.4 Å². The minimum absolute atomic E-state index is 0.0111. The smallest absolute Gasteiger partial charge is 0.124 e. The average Bonchev–Trinajstić information content (AvgIpc) is 2.81. The van der Waals surface area contributed by atoms with E-state index in [1.807, 2.05) is 32.0 Å². The van der Waals surface area contributed by atoms with Gasteiger partial charge in [-0.05, 0) is 39.2 Å². The van der Waals surface area contributed by atoms with Crippen molar-refractivity contribution in [2.75, 3.05) is 6.61 Å². The Morgan fingerprint density at radius 1 is 1.39 bits per heavy atom. The first kappa shape index (κ1) is 13.4. The quantitative estimate of drug-likeness (QED) is 0.872. The standard InChI is InChI=1S/C15H23NO2/c1-11(2)18-15-8-4-3-7-13(15)14(16)10-12-6-5-9-17-12/h3-4,7-8,11-12,14H,5-6,9-10,16H2,1-2H3. The third-order valence-electron chi connectivity index (χ3n) is 3.22. The zero-order valence-electron chi connectivity index (χ0n) is 11.3. The maximum absolute atomic E-state index is 6.29. The van der Waals surface area contributed by atoms with Gasteiger partial charge >= 0.3 is 0 Å². The summed E-state index contributed by atoms with van der Waals surface area (Å²) in [5.41, 5.74) is 7.38. The molecule has 0 bridgehead atoms. The van der Waals surface area contributed by atoms with E-state index in [0.29, 0.717) is 6.10 Å². The molecule has 2 N–H and O–H groups in total. The molecular formula is C15H23NO2. The fourth-order valence-electron chi connectivity index (χ4n) is 2.39. The van der Waals surface area contributed by atoms with Crippen molar-refractivity contribution in [1.29, 1.82) is 0 Å². The molecule has 1 saturated heterocycles. The van der Waals surface area contributed by atoms with Gasteiger partial charge in [0.1, 0.15) is 5.75 Å². The second-order valence-corrected chi connectivity index (χ2v) is 5.18. The summed E-state index contributed by atoms with van der Waals surface area (Å²) in [6.45, 7) is 4.94. The molecule has 1 aliphatic rings. The van der Waals surface area contributed by atoms with Gasteiger partial charge in [0.25, 0.3) is 0 Å². The first-order chi connectivity index (χ1) is 8.66. The van der Waals surface area contributed by atoms with E-state index in [-0.39, 0.29) is 12.1 Å². The number of benzene rings is 1. The van der Waals surface area contributed by atoms with E-state index < -0.39 is 0 Å². The van der Waals surface area contributed by atoms with Gasteiger partial charge in [0.05, 0.1) is 12.2 Å². The van der Waals surface area contributed by atoms with Crippen LogP contribution in [0.3, 0.4) is 0 Å². The maximum Gasteiger partial charge on any atom is 0.124 e. The van der Waals surface area contributed by atoms with Gasteiger partial charge < -0.3 is 15.2 Å². The van der Waals surface area contributed by atoms with Crippen molar-refractivity contribution >= 4 is 0 Å². The molecule has 2 unspecified atom stereocenters. The monoisotopic (exact) mass is 249 g/mol. The van der Waals surface area contributed by atoms with Crippen LogP contribution < -0.4 is 10.5 Å².